The van der Waals surface area contributed by atoms with Gasteiger partial charge >= 0.3 is 6.18 Å². The van der Waals surface area contributed by atoms with E-state index in [-0.39, 0.29) is 5.75 Å². The van der Waals surface area contributed by atoms with Gasteiger partial charge in [-0.1, -0.05) is 0 Å². The Balaban J connectivity index is 3.34. The molecule has 0 aliphatic heterocycles. The molecule has 15 heavy (non-hydrogen) atoms. The monoisotopic (exact) mass is 247 g/mol. The van der Waals surface area contributed by atoms with E-state index in [0.29, 0.717) is 12.4 Å². The van der Waals surface area contributed by atoms with Gasteiger partial charge in [0, 0.05) is 12.9 Å². The Morgan fingerprint density at radius 1 is 1.47 bits per heavy atom. The zero-order valence-corrected chi connectivity index (χ0v) is 8.91. The number of halogens is 3. The molecule has 0 unspecified atom stereocenters. The maximum absolute atomic E-state index is 11.6. The van der Waals surface area contributed by atoms with Crippen molar-refractivity contribution in [1.82, 2.24) is 5.48 Å². The van der Waals surface area contributed by atoms with Gasteiger partial charge in [-0.25, -0.2) is 5.48 Å². The van der Waals surface area contributed by atoms with Crippen LogP contribution >= 0.6 is 11.8 Å². The molecule has 0 rings (SSSR count). The molecule has 1 amide bonds. The first kappa shape index (κ1) is 14.5. The summed E-state index contributed by atoms with van der Waals surface area (Å²) < 4.78 is 39.4. The van der Waals surface area contributed by atoms with E-state index in [1.54, 1.807) is 5.48 Å². The lowest BCUT2D eigenvalue weighted by Crippen LogP contribution is -2.30. The molecular formula is C7H12F3NO3S. The van der Waals surface area contributed by atoms with Crippen LogP contribution in [0.1, 0.15) is 0 Å². The zero-order valence-electron chi connectivity index (χ0n) is 8.10. The van der Waals surface area contributed by atoms with Crippen LogP contribution in [0.2, 0.25) is 0 Å². The van der Waals surface area contributed by atoms with Crippen LogP contribution in [0.3, 0.4) is 0 Å². The first-order valence-electron chi connectivity index (χ1n) is 4.00. The van der Waals surface area contributed by atoms with E-state index in [1.165, 1.54) is 18.9 Å². The van der Waals surface area contributed by atoms with E-state index in [9.17, 15) is 18.0 Å². The molecule has 0 aliphatic rings. The molecule has 1 N–H and O–H groups in total. The first-order valence-corrected chi connectivity index (χ1v) is 5.15. The van der Waals surface area contributed by atoms with Gasteiger partial charge in [0.05, 0.1) is 12.4 Å². The van der Waals surface area contributed by atoms with Gasteiger partial charge in [-0.05, 0) is 0 Å². The summed E-state index contributed by atoms with van der Waals surface area (Å²) in [4.78, 5) is 14.8. The number of hydrogen-bond acceptors (Lipinski definition) is 4. The minimum Gasteiger partial charge on any atom is -0.384 e. The molecule has 0 spiro atoms. The molecule has 0 aromatic carbocycles. The molecule has 90 valence electrons. The number of rotatable bonds is 7. The van der Waals surface area contributed by atoms with E-state index >= 15 is 0 Å². The maximum atomic E-state index is 11.6. The van der Waals surface area contributed by atoms with Crippen LogP contribution in [-0.4, -0.2) is 43.9 Å². The molecule has 0 atom stereocenters. The molecule has 0 bridgehead atoms. The highest BCUT2D eigenvalue weighted by Crippen LogP contribution is 2.13. The highest BCUT2D eigenvalue weighted by atomic mass is 32.2. The number of amides is 1. The highest BCUT2D eigenvalue weighted by molar-refractivity contribution is 7.99. The topological polar surface area (TPSA) is 47.6 Å². The number of carbonyl (C=O) groups is 1. The molecule has 0 saturated heterocycles. The molecule has 0 heterocycles. The highest BCUT2D eigenvalue weighted by Gasteiger charge is 2.28. The largest absolute Gasteiger partial charge is 0.414 e. The van der Waals surface area contributed by atoms with Gasteiger partial charge in [0.1, 0.15) is 0 Å². The SMILES string of the molecule is COCCSCC(=O)NOCC(F)(F)F. The van der Waals surface area contributed by atoms with Gasteiger partial charge in [-0.15, -0.1) is 11.8 Å². The summed E-state index contributed by atoms with van der Waals surface area (Å²) in [6, 6.07) is 0. The summed E-state index contributed by atoms with van der Waals surface area (Å²) in [5, 5.41) is 0. The van der Waals surface area contributed by atoms with Crippen molar-refractivity contribution in [1.29, 1.82) is 0 Å². The van der Waals surface area contributed by atoms with Crippen LogP contribution in [0.4, 0.5) is 13.2 Å². The average Bonchev–Trinajstić information content (AvgIpc) is 2.10. The van der Waals surface area contributed by atoms with E-state index in [0.717, 1.165) is 0 Å². The molecule has 0 radical (unpaired) electrons. The molecule has 0 aromatic heterocycles. The van der Waals surface area contributed by atoms with Gasteiger partial charge in [0.2, 0.25) is 0 Å². The minimum absolute atomic E-state index is 0.0429. The van der Waals surface area contributed by atoms with E-state index in [2.05, 4.69) is 4.84 Å². The van der Waals surface area contributed by atoms with Gasteiger partial charge < -0.3 is 4.74 Å². The Hall–Kier alpha value is -0.470. The molecule has 0 aliphatic carbocycles. The van der Waals surface area contributed by atoms with E-state index in [4.69, 9.17) is 4.74 Å². The fourth-order valence-corrected chi connectivity index (χ4v) is 1.21. The van der Waals surface area contributed by atoms with E-state index < -0.39 is 18.7 Å². The van der Waals surface area contributed by atoms with Crippen LogP contribution in [0.15, 0.2) is 0 Å². The lowest BCUT2D eigenvalue weighted by atomic mass is 10.7. The normalized spacial score (nSPS) is 11.5. The molecule has 0 fully saturated rings. The average molecular weight is 247 g/mol. The van der Waals surface area contributed by atoms with Crippen LogP contribution < -0.4 is 5.48 Å². The Morgan fingerprint density at radius 2 is 2.13 bits per heavy atom. The quantitative estimate of drug-likeness (QED) is 0.538. The molecule has 8 heteroatoms. The van der Waals surface area contributed by atoms with Crippen molar-refractivity contribution in [2.45, 2.75) is 6.18 Å². The van der Waals surface area contributed by atoms with Crippen molar-refractivity contribution < 1.29 is 27.5 Å². The fraction of sp³-hybridized carbons (Fsp3) is 0.857. The predicted molar refractivity (Wildman–Crippen MR) is 49.4 cm³/mol. The van der Waals surface area contributed by atoms with Crippen molar-refractivity contribution in [3.63, 3.8) is 0 Å². The van der Waals surface area contributed by atoms with Crippen molar-refractivity contribution in [2.24, 2.45) is 0 Å². The van der Waals surface area contributed by atoms with Crippen molar-refractivity contribution in [3.05, 3.63) is 0 Å². The predicted octanol–water partition coefficient (Wildman–Crippen LogP) is 0.976. The maximum Gasteiger partial charge on any atom is 0.414 e. The number of thioether (sulfide) groups is 1. The molecule has 0 saturated carbocycles. The molecule has 4 nitrogen and oxygen atoms in total. The van der Waals surface area contributed by atoms with Crippen LogP contribution in [0, 0.1) is 0 Å². The third-order valence-corrected chi connectivity index (χ3v) is 2.01. The number of ether oxygens (including phenoxy) is 1. The van der Waals surface area contributed by atoms with Crippen LogP contribution in [0.25, 0.3) is 0 Å². The standard InChI is InChI=1S/C7H12F3NO3S/c1-13-2-3-15-4-6(12)11-14-5-7(8,9)10/h2-5H2,1H3,(H,11,12). The lowest BCUT2D eigenvalue weighted by molar-refractivity contribution is -0.191. The minimum atomic E-state index is -4.43. The third kappa shape index (κ3) is 11.5. The summed E-state index contributed by atoms with van der Waals surface area (Å²) >= 11 is 1.25. The second-order valence-electron chi connectivity index (χ2n) is 2.47. The van der Waals surface area contributed by atoms with Crippen molar-refractivity contribution in [3.8, 4) is 0 Å². The Labute approximate surface area is 89.4 Å². The third-order valence-electron chi connectivity index (χ3n) is 1.09. The Kier molecular flexibility index (Phi) is 7.53. The van der Waals surface area contributed by atoms with Crippen LogP contribution in [0.5, 0.6) is 0 Å². The number of methoxy groups -OCH3 is 1. The summed E-state index contributed by atoms with van der Waals surface area (Å²) in [6.07, 6.45) is -4.43. The Morgan fingerprint density at radius 3 is 2.67 bits per heavy atom. The summed E-state index contributed by atoms with van der Waals surface area (Å²) in [5.41, 5.74) is 1.70. The zero-order chi connectivity index (χ0) is 11.7. The van der Waals surface area contributed by atoms with Gasteiger partial charge in [-0.2, -0.15) is 13.2 Å². The molecule has 0 aromatic rings. The molecular weight excluding hydrogens is 235 g/mol. The number of hydroxylamine groups is 1. The Bertz CT molecular complexity index is 189. The number of nitrogens with one attached hydrogen (secondary N) is 1. The van der Waals surface area contributed by atoms with Gasteiger partial charge in [0.25, 0.3) is 5.91 Å². The van der Waals surface area contributed by atoms with E-state index in [1.807, 2.05) is 0 Å². The van der Waals surface area contributed by atoms with Gasteiger partial charge in [0.15, 0.2) is 6.61 Å². The fourth-order valence-electron chi connectivity index (χ4n) is 0.535. The second kappa shape index (κ2) is 7.77. The summed E-state index contributed by atoms with van der Waals surface area (Å²) in [6.45, 7) is -0.997. The first-order chi connectivity index (χ1) is 6.95. The van der Waals surface area contributed by atoms with Crippen LogP contribution in [-0.2, 0) is 14.4 Å². The summed E-state index contributed by atoms with van der Waals surface area (Å²) in [5.74, 6) is 0.0464. The summed E-state index contributed by atoms with van der Waals surface area (Å²) in [7, 11) is 1.52. The number of carbonyl (C=O) groups excluding carboxylic acids is 1. The second-order valence-corrected chi connectivity index (χ2v) is 3.58. The smallest absolute Gasteiger partial charge is 0.384 e. The van der Waals surface area contributed by atoms with Crippen molar-refractivity contribution >= 4 is 17.7 Å². The van der Waals surface area contributed by atoms with Gasteiger partial charge in [-0.3, -0.25) is 9.63 Å². The van der Waals surface area contributed by atoms with Crippen molar-refractivity contribution in [2.75, 3.05) is 31.8 Å². The lowest BCUT2D eigenvalue weighted by Gasteiger charge is -2.07. The number of alkyl halides is 3. The number of hydrogen-bond donors (Lipinski definition) is 1.